The van der Waals surface area contributed by atoms with Gasteiger partial charge in [-0.15, -0.1) is 0 Å². The van der Waals surface area contributed by atoms with E-state index in [0.717, 1.165) is 6.04 Å². The van der Waals surface area contributed by atoms with Crippen LogP contribution in [0, 0.1) is 0 Å². The van der Waals surface area contributed by atoms with Gasteiger partial charge in [0.2, 0.25) is 0 Å². The fraction of sp³-hybridized carbons (Fsp3) is 1.00. The summed E-state index contributed by atoms with van der Waals surface area (Å²) in [6, 6.07) is 2.21. The van der Waals surface area contributed by atoms with Crippen LogP contribution in [0.3, 0.4) is 0 Å². The van der Waals surface area contributed by atoms with Crippen molar-refractivity contribution in [3.63, 3.8) is 0 Å². The Labute approximate surface area is 216 Å². The van der Waals surface area contributed by atoms with Crippen molar-refractivity contribution in [1.82, 2.24) is 0 Å². The standard InChI is InChI=1S/C28H58O6Si/c1-4-5-6-7-8-9-10-11-12-13-14-15-16-17-18-19-21-35(2,3)22-20-33-27-26(31)25(30)24(23-29)34-28(27)32/h24-32H,4-23H2,1-3H3/t24-,25-,26+,27-,28-/m1/s1. The molecule has 0 unspecified atom stereocenters. The van der Waals surface area contributed by atoms with Crippen LogP contribution in [0.4, 0.5) is 0 Å². The van der Waals surface area contributed by atoms with Crippen LogP contribution < -0.4 is 0 Å². The van der Waals surface area contributed by atoms with Gasteiger partial charge in [-0.3, -0.25) is 0 Å². The second-order valence-corrected chi connectivity index (χ2v) is 16.9. The summed E-state index contributed by atoms with van der Waals surface area (Å²) in [6.07, 6.45) is 16.4. The minimum absolute atomic E-state index is 0.441. The van der Waals surface area contributed by atoms with Crippen molar-refractivity contribution in [2.75, 3.05) is 13.2 Å². The normalized spacial score (nSPS) is 25.3. The van der Waals surface area contributed by atoms with E-state index in [-0.39, 0.29) is 0 Å². The first kappa shape index (κ1) is 33.0. The van der Waals surface area contributed by atoms with Gasteiger partial charge in [-0.1, -0.05) is 129 Å². The lowest BCUT2D eigenvalue weighted by molar-refractivity contribution is -0.295. The molecule has 1 heterocycles. The quantitative estimate of drug-likeness (QED) is 0.107. The molecule has 1 saturated heterocycles. The Bertz CT molecular complexity index is 492. The van der Waals surface area contributed by atoms with E-state index >= 15 is 0 Å². The average Bonchev–Trinajstić information content (AvgIpc) is 2.83. The number of aliphatic hydroxyl groups excluding tert-OH is 4. The van der Waals surface area contributed by atoms with Gasteiger partial charge in [0, 0.05) is 14.7 Å². The molecule has 7 heteroatoms. The first-order chi connectivity index (χ1) is 16.8. The monoisotopic (exact) mass is 518 g/mol. The van der Waals surface area contributed by atoms with Crippen LogP contribution in [-0.4, -0.2) is 72.4 Å². The molecule has 0 amide bonds. The molecular weight excluding hydrogens is 460 g/mol. The molecule has 0 spiro atoms. The van der Waals surface area contributed by atoms with E-state index in [1.165, 1.54) is 109 Å². The maximum Gasteiger partial charge on any atom is 0.184 e. The Morgan fingerprint density at radius 1 is 0.657 bits per heavy atom. The van der Waals surface area contributed by atoms with Gasteiger partial charge in [0.15, 0.2) is 6.29 Å². The molecule has 1 fully saturated rings. The number of ether oxygens (including phenoxy) is 2. The highest BCUT2D eigenvalue weighted by molar-refractivity contribution is 6.77. The minimum Gasteiger partial charge on any atom is -0.394 e. The van der Waals surface area contributed by atoms with Crippen molar-refractivity contribution in [1.29, 1.82) is 0 Å². The van der Waals surface area contributed by atoms with Crippen molar-refractivity contribution in [3.05, 3.63) is 0 Å². The lowest BCUT2D eigenvalue weighted by Gasteiger charge is -2.40. The zero-order valence-corrected chi connectivity index (χ0v) is 24.1. The summed E-state index contributed by atoms with van der Waals surface area (Å²) in [4.78, 5) is 0. The average molecular weight is 519 g/mol. The van der Waals surface area contributed by atoms with Gasteiger partial charge in [-0.25, -0.2) is 0 Å². The molecule has 4 N–H and O–H groups in total. The van der Waals surface area contributed by atoms with Gasteiger partial charge in [0.05, 0.1) is 6.61 Å². The lowest BCUT2D eigenvalue weighted by atomic mass is 9.99. The molecule has 0 aromatic heterocycles. The highest BCUT2D eigenvalue weighted by Crippen LogP contribution is 2.25. The van der Waals surface area contributed by atoms with E-state index in [2.05, 4.69) is 20.0 Å². The largest absolute Gasteiger partial charge is 0.394 e. The highest BCUT2D eigenvalue weighted by atomic mass is 28.3. The molecule has 0 saturated carbocycles. The van der Waals surface area contributed by atoms with Crippen molar-refractivity contribution in [3.8, 4) is 0 Å². The Hall–Kier alpha value is -0.0231. The van der Waals surface area contributed by atoms with Crippen LogP contribution in [0.2, 0.25) is 25.2 Å². The van der Waals surface area contributed by atoms with E-state index in [1.807, 2.05) is 0 Å². The summed E-state index contributed by atoms with van der Waals surface area (Å²) in [5.74, 6) is 0. The Morgan fingerprint density at radius 3 is 1.57 bits per heavy atom. The van der Waals surface area contributed by atoms with Gasteiger partial charge in [-0.2, -0.15) is 0 Å². The third-order valence-electron chi connectivity index (χ3n) is 7.64. The molecule has 35 heavy (non-hydrogen) atoms. The lowest BCUT2D eigenvalue weighted by Crippen LogP contribution is -2.59. The zero-order valence-electron chi connectivity index (χ0n) is 23.1. The number of unbranched alkanes of at least 4 members (excludes halogenated alkanes) is 15. The first-order valence-electron chi connectivity index (χ1n) is 14.7. The summed E-state index contributed by atoms with van der Waals surface area (Å²) in [5, 5.41) is 39.3. The Balaban J connectivity index is 1.96. The molecule has 5 atom stereocenters. The van der Waals surface area contributed by atoms with Crippen LogP contribution in [0.5, 0.6) is 0 Å². The van der Waals surface area contributed by atoms with E-state index < -0.39 is 45.4 Å². The molecule has 1 aliphatic rings. The number of hydrogen-bond donors (Lipinski definition) is 4. The van der Waals surface area contributed by atoms with Crippen molar-refractivity contribution in [2.24, 2.45) is 0 Å². The number of hydrogen-bond acceptors (Lipinski definition) is 6. The van der Waals surface area contributed by atoms with E-state index in [9.17, 15) is 15.3 Å². The third kappa shape index (κ3) is 15.1. The summed E-state index contributed by atoms with van der Waals surface area (Å²) < 4.78 is 10.9. The minimum atomic E-state index is -1.41. The third-order valence-corrected chi connectivity index (χ3v) is 10.9. The fourth-order valence-electron chi connectivity index (χ4n) is 5.00. The molecule has 0 aromatic carbocycles. The summed E-state index contributed by atoms with van der Waals surface area (Å²) in [5.41, 5.74) is 0. The first-order valence-corrected chi connectivity index (χ1v) is 18.2. The van der Waals surface area contributed by atoms with E-state index in [1.54, 1.807) is 0 Å². The molecular formula is C28H58O6Si. The maximum atomic E-state index is 10.2. The van der Waals surface area contributed by atoms with Crippen LogP contribution in [0.25, 0.3) is 0 Å². The summed E-state index contributed by atoms with van der Waals surface area (Å²) in [7, 11) is -1.41. The van der Waals surface area contributed by atoms with E-state index in [4.69, 9.17) is 14.6 Å². The van der Waals surface area contributed by atoms with E-state index in [0.29, 0.717) is 6.61 Å². The van der Waals surface area contributed by atoms with Crippen LogP contribution in [-0.2, 0) is 9.47 Å². The number of rotatable bonds is 22. The Morgan fingerprint density at radius 2 is 1.11 bits per heavy atom. The smallest absolute Gasteiger partial charge is 0.184 e. The second kappa shape index (κ2) is 20.0. The molecule has 0 radical (unpaired) electrons. The van der Waals surface area contributed by atoms with Gasteiger partial charge >= 0.3 is 0 Å². The van der Waals surface area contributed by atoms with Crippen LogP contribution in [0.15, 0.2) is 0 Å². The van der Waals surface area contributed by atoms with Crippen molar-refractivity contribution >= 4 is 8.07 Å². The SMILES string of the molecule is CCCCCCCCCCCCCCCCCC[Si](C)(C)CCO[C@@H]1[C@@H](O)[C@H](O)[C@@H](CO)O[C@H]1O. The zero-order chi connectivity index (χ0) is 25.9. The number of aliphatic hydroxyl groups is 4. The Kier molecular flexibility index (Phi) is 18.9. The maximum absolute atomic E-state index is 10.2. The van der Waals surface area contributed by atoms with Gasteiger partial charge < -0.3 is 29.9 Å². The molecule has 1 rings (SSSR count). The summed E-state index contributed by atoms with van der Waals surface area (Å²) in [6.45, 7) is 6.99. The predicted molar refractivity (Wildman–Crippen MR) is 146 cm³/mol. The molecule has 1 aliphatic heterocycles. The highest BCUT2D eigenvalue weighted by Gasteiger charge is 2.44. The summed E-state index contributed by atoms with van der Waals surface area (Å²) >= 11 is 0. The van der Waals surface area contributed by atoms with Gasteiger partial charge in [0.1, 0.15) is 24.4 Å². The fourth-order valence-corrected chi connectivity index (χ4v) is 7.13. The van der Waals surface area contributed by atoms with Crippen LogP contribution in [0.1, 0.15) is 110 Å². The van der Waals surface area contributed by atoms with Gasteiger partial charge in [-0.05, 0) is 6.04 Å². The van der Waals surface area contributed by atoms with Gasteiger partial charge in [0.25, 0.3) is 0 Å². The second-order valence-electron chi connectivity index (χ2n) is 11.5. The predicted octanol–water partition coefficient (Wildman–Crippen LogP) is 5.77. The molecule has 0 aromatic rings. The molecule has 210 valence electrons. The van der Waals surface area contributed by atoms with Crippen molar-refractivity contribution < 1.29 is 29.9 Å². The molecule has 0 bridgehead atoms. The van der Waals surface area contributed by atoms with Crippen molar-refractivity contribution in [2.45, 2.75) is 166 Å². The van der Waals surface area contributed by atoms with Crippen LogP contribution >= 0.6 is 0 Å². The topological polar surface area (TPSA) is 99.4 Å². The molecule has 6 nitrogen and oxygen atoms in total. The molecule has 0 aliphatic carbocycles.